The number of unbranched alkanes of at least 4 members (excludes halogenated alkanes) is 1. The van der Waals surface area contributed by atoms with Gasteiger partial charge in [-0.1, -0.05) is 25.1 Å². The average Bonchev–Trinajstić information content (AvgIpc) is 2.18. The fourth-order valence-corrected chi connectivity index (χ4v) is 2.80. The highest BCUT2D eigenvalue weighted by Gasteiger charge is 2.22. The van der Waals surface area contributed by atoms with Crippen LogP contribution in [0.15, 0.2) is 0 Å². The Hall–Kier alpha value is -0.180. The Morgan fingerprint density at radius 2 is 2.29 bits per heavy atom. The second-order valence-electron chi connectivity index (χ2n) is 4.01. The lowest BCUT2D eigenvalue weighted by molar-refractivity contribution is 0.181. The predicted octanol–water partition coefficient (Wildman–Crippen LogP) is 3.51. The lowest BCUT2D eigenvalue weighted by Gasteiger charge is -2.32. The van der Waals surface area contributed by atoms with Gasteiger partial charge in [0.2, 0.25) is 0 Å². The molecule has 1 fully saturated rings. The zero-order chi connectivity index (χ0) is 10.4. The summed E-state index contributed by atoms with van der Waals surface area (Å²) < 4.78 is 0. The van der Waals surface area contributed by atoms with E-state index < -0.39 is 0 Å². The molecule has 1 saturated heterocycles. The molecule has 1 aliphatic heterocycles. The standard InChI is InChI=1S/C11H21NOS/c1-3-4-9-14-11(13)12-8-6-5-7-10(12)2/h10H,3-9H2,1-2H3. The van der Waals surface area contributed by atoms with E-state index in [2.05, 4.69) is 13.8 Å². The van der Waals surface area contributed by atoms with Crippen molar-refractivity contribution in [2.75, 3.05) is 12.3 Å². The summed E-state index contributed by atoms with van der Waals surface area (Å²) in [4.78, 5) is 13.8. The van der Waals surface area contributed by atoms with Crippen LogP contribution in [0.1, 0.15) is 46.0 Å². The number of amides is 1. The van der Waals surface area contributed by atoms with Crippen LogP contribution in [-0.4, -0.2) is 28.5 Å². The molecule has 2 nitrogen and oxygen atoms in total. The second kappa shape index (κ2) is 6.33. The summed E-state index contributed by atoms with van der Waals surface area (Å²) in [5, 5.41) is 0.297. The van der Waals surface area contributed by atoms with Crippen molar-refractivity contribution < 1.29 is 4.79 Å². The second-order valence-corrected chi connectivity index (χ2v) is 5.05. The number of carbonyl (C=O) groups excluding carboxylic acids is 1. The van der Waals surface area contributed by atoms with Gasteiger partial charge in [0.15, 0.2) is 0 Å². The molecule has 0 aliphatic carbocycles. The van der Waals surface area contributed by atoms with Gasteiger partial charge in [-0.3, -0.25) is 4.79 Å². The molecule has 0 aromatic carbocycles. The molecule has 0 N–H and O–H groups in total. The maximum Gasteiger partial charge on any atom is 0.281 e. The van der Waals surface area contributed by atoms with E-state index in [1.807, 2.05) is 4.90 Å². The van der Waals surface area contributed by atoms with E-state index in [1.165, 1.54) is 37.4 Å². The van der Waals surface area contributed by atoms with Gasteiger partial charge in [0, 0.05) is 18.3 Å². The van der Waals surface area contributed by atoms with E-state index in [0.29, 0.717) is 11.3 Å². The van der Waals surface area contributed by atoms with Crippen LogP contribution in [0.5, 0.6) is 0 Å². The van der Waals surface area contributed by atoms with Crippen LogP contribution in [0.3, 0.4) is 0 Å². The van der Waals surface area contributed by atoms with Crippen LogP contribution in [0.4, 0.5) is 4.79 Å². The van der Waals surface area contributed by atoms with Gasteiger partial charge in [0.1, 0.15) is 0 Å². The van der Waals surface area contributed by atoms with Crippen molar-refractivity contribution in [3.05, 3.63) is 0 Å². The van der Waals surface area contributed by atoms with Crippen molar-refractivity contribution in [2.24, 2.45) is 0 Å². The normalized spacial score (nSPS) is 22.4. The molecule has 1 amide bonds. The quantitative estimate of drug-likeness (QED) is 0.671. The highest BCUT2D eigenvalue weighted by Crippen LogP contribution is 2.21. The summed E-state index contributed by atoms with van der Waals surface area (Å²) in [5.74, 6) is 0.985. The van der Waals surface area contributed by atoms with Crippen molar-refractivity contribution in [1.82, 2.24) is 4.90 Å². The molecule has 0 aromatic heterocycles. The number of thioether (sulfide) groups is 1. The molecule has 1 atom stereocenters. The lowest BCUT2D eigenvalue weighted by atomic mass is 10.1. The molecule has 3 heteroatoms. The Kier molecular flexibility index (Phi) is 5.38. The van der Waals surface area contributed by atoms with Gasteiger partial charge in [0.25, 0.3) is 5.24 Å². The van der Waals surface area contributed by atoms with Gasteiger partial charge >= 0.3 is 0 Å². The van der Waals surface area contributed by atoms with Crippen LogP contribution >= 0.6 is 11.8 Å². The molecule has 1 aliphatic rings. The number of likely N-dealkylation sites (tertiary alicyclic amines) is 1. The lowest BCUT2D eigenvalue weighted by Crippen LogP contribution is -2.40. The molecule has 14 heavy (non-hydrogen) atoms. The molecule has 0 spiro atoms. The van der Waals surface area contributed by atoms with Crippen LogP contribution < -0.4 is 0 Å². The molecule has 1 unspecified atom stereocenters. The molecular weight excluding hydrogens is 194 g/mol. The molecule has 82 valence electrons. The van der Waals surface area contributed by atoms with Gasteiger partial charge in [-0.05, 0) is 32.6 Å². The van der Waals surface area contributed by atoms with E-state index in [9.17, 15) is 4.79 Å². The Balaban J connectivity index is 2.27. The molecule has 1 rings (SSSR count). The summed E-state index contributed by atoms with van der Waals surface area (Å²) in [5.41, 5.74) is 0. The Bertz CT molecular complexity index is 184. The fraction of sp³-hybridized carbons (Fsp3) is 0.909. The highest BCUT2D eigenvalue weighted by atomic mass is 32.2. The van der Waals surface area contributed by atoms with Gasteiger partial charge in [-0.2, -0.15) is 0 Å². The van der Waals surface area contributed by atoms with E-state index in [4.69, 9.17) is 0 Å². The van der Waals surface area contributed by atoms with Gasteiger partial charge in [-0.25, -0.2) is 0 Å². The van der Waals surface area contributed by atoms with Crippen LogP contribution in [0, 0.1) is 0 Å². The molecule has 0 radical (unpaired) electrons. The molecule has 0 aromatic rings. The average molecular weight is 215 g/mol. The minimum Gasteiger partial charge on any atom is -0.331 e. The number of piperidine rings is 1. The predicted molar refractivity (Wildman–Crippen MR) is 62.8 cm³/mol. The van der Waals surface area contributed by atoms with Crippen LogP contribution in [-0.2, 0) is 0 Å². The first-order chi connectivity index (χ1) is 6.75. The molecular formula is C11H21NOS. The zero-order valence-electron chi connectivity index (χ0n) is 9.29. The molecule has 0 bridgehead atoms. The summed E-state index contributed by atoms with van der Waals surface area (Å²) in [7, 11) is 0. The third kappa shape index (κ3) is 3.52. The zero-order valence-corrected chi connectivity index (χ0v) is 10.1. The molecule has 0 saturated carbocycles. The summed E-state index contributed by atoms with van der Waals surface area (Å²) in [6.45, 7) is 5.30. The minimum atomic E-state index is 0.297. The number of nitrogens with zero attached hydrogens (tertiary/aromatic N) is 1. The highest BCUT2D eigenvalue weighted by molar-refractivity contribution is 8.13. The van der Waals surface area contributed by atoms with Crippen molar-refractivity contribution in [3.8, 4) is 0 Å². The monoisotopic (exact) mass is 215 g/mol. The van der Waals surface area contributed by atoms with Crippen molar-refractivity contribution in [3.63, 3.8) is 0 Å². The van der Waals surface area contributed by atoms with E-state index in [0.717, 1.165) is 18.7 Å². The van der Waals surface area contributed by atoms with E-state index >= 15 is 0 Å². The summed E-state index contributed by atoms with van der Waals surface area (Å²) in [6.07, 6.45) is 5.98. The maximum absolute atomic E-state index is 11.8. The largest absolute Gasteiger partial charge is 0.331 e. The summed E-state index contributed by atoms with van der Waals surface area (Å²) >= 11 is 1.50. The number of rotatable bonds is 3. The van der Waals surface area contributed by atoms with E-state index in [-0.39, 0.29) is 0 Å². The Morgan fingerprint density at radius 3 is 2.93 bits per heavy atom. The third-order valence-electron chi connectivity index (χ3n) is 2.76. The Labute approximate surface area is 91.4 Å². The van der Waals surface area contributed by atoms with Gasteiger partial charge in [-0.15, -0.1) is 0 Å². The first-order valence-electron chi connectivity index (χ1n) is 5.69. The SMILES string of the molecule is CCCCSC(=O)N1CCCCC1C. The van der Waals surface area contributed by atoms with Crippen LogP contribution in [0.25, 0.3) is 0 Å². The van der Waals surface area contributed by atoms with Crippen molar-refractivity contribution in [2.45, 2.75) is 52.0 Å². The van der Waals surface area contributed by atoms with Gasteiger partial charge < -0.3 is 4.90 Å². The van der Waals surface area contributed by atoms with Crippen molar-refractivity contribution >= 4 is 17.0 Å². The third-order valence-corrected chi connectivity index (χ3v) is 3.74. The number of hydrogen-bond acceptors (Lipinski definition) is 2. The molecule has 1 heterocycles. The number of carbonyl (C=O) groups is 1. The van der Waals surface area contributed by atoms with E-state index in [1.54, 1.807) is 0 Å². The maximum atomic E-state index is 11.8. The smallest absolute Gasteiger partial charge is 0.281 e. The van der Waals surface area contributed by atoms with Crippen LogP contribution in [0.2, 0.25) is 0 Å². The topological polar surface area (TPSA) is 20.3 Å². The van der Waals surface area contributed by atoms with Crippen molar-refractivity contribution in [1.29, 1.82) is 0 Å². The first-order valence-corrected chi connectivity index (χ1v) is 6.67. The Morgan fingerprint density at radius 1 is 1.50 bits per heavy atom. The van der Waals surface area contributed by atoms with Gasteiger partial charge in [0.05, 0.1) is 0 Å². The fourth-order valence-electron chi connectivity index (χ4n) is 1.76. The summed E-state index contributed by atoms with van der Waals surface area (Å²) in [6, 6.07) is 0.463. The first kappa shape index (κ1) is 11.9. The minimum absolute atomic E-state index is 0.297. The number of hydrogen-bond donors (Lipinski definition) is 0.